The lowest BCUT2D eigenvalue weighted by Crippen LogP contribution is -2.41. The minimum Gasteiger partial charge on any atom is -0.350 e. The Morgan fingerprint density at radius 3 is 3.05 bits per heavy atom. The minimum absolute atomic E-state index is 0.0153. The second kappa shape index (κ2) is 6.35. The lowest BCUT2D eigenvalue weighted by Gasteiger charge is -2.29. The number of aryl methyl sites for hydroxylation is 1. The maximum Gasteiger partial charge on any atom is 0.267 e. The Morgan fingerprint density at radius 1 is 1.50 bits per heavy atom. The van der Waals surface area contributed by atoms with Gasteiger partial charge in [-0.1, -0.05) is 4.49 Å². The highest BCUT2D eigenvalue weighted by Gasteiger charge is 2.29. The summed E-state index contributed by atoms with van der Waals surface area (Å²) < 4.78 is 3.84. The molecule has 0 bridgehead atoms. The Kier molecular flexibility index (Phi) is 4.28. The Morgan fingerprint density at radius 2 is 2.36 bits per heavy atom. The molecule has 1 fully saturated rings. The lowest BCUT2D eigenvalue weighted by atomic mass is 10.2. The van der Waals surface area contributed by atoms with E-state index in [2.05, 4.69) is 24.7 Å². The molecule has 22 heavy (non-hydrogen) atoms. The molecular weight excluding hydrogens is 300 g/mol. The summed E-state index contributed by atoms with van der Waals surface area (Å²) in [5.74, 6) is 0.861. The second-order valence-electron chi connectivity index (χ2n) is 5.44. The number of nitrogens with zero attached hydrogens (tertiary/aromatic N) is 6. The summed E-state index contributed by atoms with van der Waals surface area (Å²) in [5, 5.41) is 12.0. The topological polar surface area (TPSA) is 75.1 Å². The van der Waals surface area contributed by atoms with Crippen LogP contribution in [0.15, 0.2) is 18.3 Å². The van der Waals surface area contributed by atoms with Crippen molar-refractivity contribution >= 4 is 23.3 Å². The van der Waals surface area contributed by atoms with Crippen molar-refractivity contribution in [1.29, 1.82) is 0 Å². The van der Waals surface area contributed by atoms with Crippen molar-refractivity contribution in [1.82, 2.24) is 24.7 Å². The van der Waals surface area contributed by atoms with Crippen LogP contribution in [0.25, 0.3) is 0 Å². The zero-order valence-corrected chi connectivity index (χ0v) is 13.5. The van der Waals surface area contributed by atoms with Crippen molar-refractivity contribution in [3.63, 3.8) is 0 Å². The van der Waals surface area contributed by atoms with Crippen LogP contribution in [0.2, 0.25) is 0 Å². The van der Waals surface area contributed by atoms with Crippen LogP contribution >= 0.6 is 11.5 Å². The van der Waals surface area contributed by atoms with Gasteiger partial charge in [-0.15, -0.1) is 10.2 Å². The molecule has 8 heteroatoms. The van der Waals surface area contributed by atoms with E-state index in [1.165, 1.54) is 0 Å². The van der Waals surface area contributed by atoms with Crippen molar-refractivity contribution in [3.8, 4) is 0 Å². The molecule has 2 aromatic heterocycles. The Balaban J connectivity index is 1.69. The number of hydrogen-bond donors (Lipinski definition) is 0. The molecule has 0 aliphatic carbocycles. The third-order valence-corrected chi connectivity index (χ3v) is 4.72. The average molecular weight is 318 g/mol. The summed E-state index contributed by atoms with van der Waals surface area (Å²) in [5.41, 5.74) is 0.694. The summed E-state index contributed by atoms with van der Waals surface area (Å²) in [7, 11) is 1.83. The molecule has 116 valence electrons. The number of aromatic nitrogens is 4. The fourth-order valence-corrected chi connectivity index (χ4v) is 3.43. The minimum atomic E-state index is -0.0153. The predicted molar refractivity (Wildman–Crippen MR) is 84.0 cm³/mol. The normalized spacial score (nSPS) is 17.7. The first-order valence-electron chi connectivity index (χ1n) is 7.25. The lowest BCUT2D eigenvalue weighted by molar-refractivity contribution is 0.0791. The number of carbonyl (C=O) groups is 1. The summed E-state index contributed by atoms with van der Waals surface area (Å²) in [6, 6.07) is 4.12. The van der Waals surface area contributed by atoms with Gasteiger partial charge in [0.05, 0.1) is 5.69 Å². The van der Waals surface area contributed by atoms with Crippen molar-refractivity contribution in [2.75, 3.05) is 25.0 Å². The molecule has 1 atom stereocenters. The van der Waals surface area contributed by atoms with Crippen LogP contribution in [0, 0.1) is 6.92 Å². The highest BCUT2D eigenvalue weighted by atomic mass is 32.1. The van der Waals surface area contributed by atoms with Crippen molar-refractivity contribution in [2.45, 2.75) is 25.8 Å². The van der Waals surface area contributed by atoms with Crippen LogP contribution in [0.4, 0.5) is 5.82 Å². The first-order chi connectivity index (χ1) is 10.7. The summed E-state index contributed by atoms with van der Waals surface area (Å²) >= 11 is 1.15. The average Bonchev–Trinajstić information content (AvgIpc) is 3.16. The standard InChI is InChI=1S/C14H18N6OS/c1-10-13(22-18-16-10)14(21)19(2)9-11-5-4-8-20(11)12-6-3-7-15-17-12/h3,6-7,11H,4-5,8-9H2,1-2H3. The van der Waals surface area contributed by atoms with E-state index < -0.39 is 0 Å². The molecular formula is C14H18N6OS. The number of likely N-dealkylation sites (N-methyl/N-ethyl adjacent to an activating group) is 1. The van der Waals surface area contributed by atoms with Crippen LogP contribution in [-0.4, -0.2) is 56.8 Å². The van der Waals surface area contributed by atoms with E-state index in [1.54, 1.807) is 11.1 Å². The summed E-state index contributed by atoms with van der Waals surface area (Å²) in [6.07, 6.45) is 3.82. The fraction of sp³-hybridized carbons (Fsp3) is 0.500. The SMILES string of the molecule is Cc1nnsc1C(=O)N(C)CC1CCCN1c1cccnn1. The fourth-order valence-electron chi connectivity index (χ4n) is 2.77. The van der Waals surface area contributed by atoms with E-state index in [0.29, 0.717) is 17.1 Å². The molecule has 1 saturated heterocycles. The zero-order valence-electron chi connectivity index (χ0n) is 12.6. The molecule has 3 rings (SSSR count). The number of amides is 1. The van der Waals surface area contributed by atoms with Gasteiger partial charge < -0.3 is 9.80 Å². The molecule has 0 spiro atoms. The number of anilines is 1. The van der Waals surface area contributed by atoms with Gasteiger partial charge in [0.2, 0.25) is 0 Å². The van der Waals surface area contributed by atoms with Crippen LogP contribution in [0.3, 0.4) is 0 Å². The molecule has 1 amide bonds. The van der Waals surface area contributed by atoms with E-state index in [4.69, 9.17) is 0 Å². The first-order valence-corrected chi connectivity index (χ1v) is 8.03. The van der Waals surface area contributed by atoms with Crippen LogP contribution in [0.5, 0.6) is 0 Å². The smallest absolute Gasteiger partial charge is 0.267 e. The van der Waals surface area contributed by atoms with Gasteiger partial charge in [0.1, 0.15) is 4.88 Å². The Hall–Kier alpha value is -2.09. The van der Waals surface area contributed by atoms with Gasteiger partial charge in [0.25, 0.3) is 5.91 Å². The van der Waals surface area contributed by atoms with Crippen LogP contribution < -0.4 is 4.90 Å². The predicted octanol–water partition coefficient (Wildman–Crippen LogP) is 1.38. The number of hydrogen-bond acceptors (Lipinski definition) is 7. The molecule has 0 N–H and O–H groups in total. The van der Waals surface area contributed by atoms with Gasteiger partial charge in [-0.2, -0.15) is 5.10 Å². The van der Waals surface area contributed by atoms with Gasteiger partial charge in [-0.05, 0) is 43.4 Å². The van der Waals surface area contributed by atoms with Gasteiger partial charge in [-0.3, -0.25) is 4.79 Å². The molecule has 2 aromatic rings. The Bertz CT molecular complexity index is 646. The monoisotopic (exact) mass is 318 g/mol. The summed E-state index contributed by atoms with van der Waals surface area (Å²) in [4.78, 5) is 17.1. The van der Waals surface area contributed by atoms with Gasteiger partial charge in [0, 0.05) is 32.4 Å². The van der Waals surface area contributed by atoms with Gasteiger partial charge in [-0.25, -0.2) is 0 Å². The van der Waals surface area contributed by atoms with Gasteiger partial charge in [0.15, 0.2) is 5.82 Å². The van der Waals surface area contributed by atoms with E-state index in [9.17, 15) is 4.79 Å². The van der Waals surface area contributed by atoms with E-state index in [0.717, 1.165) is 36.7 Å². The zero-order chi connectivity index (χ0) is 15.5. The molecule has 1 aliphatic heterocycles. The quantitative estimate of drug-likeness (QED) is 0.848. The van der Waals surface area contributed by atoms with Crippen molar-refractivity contribution in [2.24, 2.45) is 0 Å². The van der Waals surface area contributed by atoms with E-state index in [-0.39, 0.29) is 11.9 Å². The van der Waals surface area contributed by atoms with Crippen LogP contribution in [-0.2, 0) is 0 Å². The van der Waals surface area contributed by atoms with Crippen molar-refractivity contribution in [3.05, 3.63) is 28.9 Å². The first kappa shape index (κ1) is 14.8. The molecule has 0 radical (unpaired) electrons. The van der Waals surface area contributed by atoms with E-state index >= 15 is 0 Å². The molecule has 1 aliphatic rings. The summed E-state index contributed by atoms with van der Waals surface area (Å²) in [6.45, 7) is 3.42. The second-order valence-corrected chi connectivity index (χ2v) is 6.20. The molecule has 3 heterocycles. The maximum absolute atomic E-state index is 12.5. The number of rotatable bonds is 4. The van der Waals surface area contributed by atoms with E-state index in [1.807, 2.05) is 26.1 Å². The molecule has 0 aromatic carbocycles. The Labute approximate surface area is 133 Å². The van der Waals surface area contributed by atoms with Crippen molar-refractivity contribution < 1.29 is 4.79 Å². The highest BCUT2D eigenvalue weighted by molar-refractivity contribution is 7.07. The molecule has 7 nitrogen and oxygen atoms in total. The molecule has 0 saturated carbocycles. The third kappa shape index (κ3) is 2.92. The van der Waals surface area contributed by atoms with Crippen LogP contribution in [0.1, 0.15) is 28.2 Å². The third-order valence-electron chi connectivity index (χ3n) is 3.91. The highest BCUT2D eigenvalue weighted by Crippen LogP contribution is 2.24. The number of carbonyl (C=O) groups excluding carboxylic acids is 1. The van der Waals surface area contributed by atoms with Gasteiger partial charge >= 0.3 is 0 Å². The largest absolute Gasteiger partial charge is 0.350 e. The maximum atomic E-state index is 12.5. The molecule has 1 unspecified atom stereocenters.